The van der Waals surface area contributed by atoms with Crippen LogP contribution in [-0.2, 0) is 4.79 Å². The fourth-order valence-corrected chi connectivity index (χ4v) is 2.34. The second kappa shape index (κ2) is 5.45. The molecule has 1 N–H and O–H groups in total. The van der Waals surface area contributed by atoms with Crippen LogP contribution in [0, 0.1) is 10.1 Å². The van der Waals surface area contributed by atoms with E-state index in [0.29, 0.717) is 4.88 Å². The van der Waals surface area contributed by atoms with Gasteiger partial charge >= 0.3 is 5.97 Å². The van der Waals surface area contributed by atoms with E-state index in [0.717, 1.165) is 0 Å². The van der Waals surface area contributed by atoms with Gasteiger partial charge in [-0.05, 0) is 23.6 Å². The van der Waals surface area contributed by atoms with E-state index in [1.54, 1.807) is 29.6 Å². The highest BCUT2D eigenvalue weighted by molar-refractivity contribution is 7.11. The fourth-order valence-electron chi connectivity index (χ4n) is 1.60. The zero-order valence-electron chi connectivity index (χ0n) is 9.65. The Morgan fingerprint density at radius 1 is 1.26 bits per heavy atom. The molecule has 96 valence electrons. The SMILES string of the molecule is O=C(O)/C(=C/c1ccccc1[N+](=O)[O-])c1cccs1. The summed E-state index contributed by atoms with van der Waals surface area (Å²) >= 11 is 1.27. The van der Waals surface area contributed by atoms with Crippen molar-refractivity contribution >= 4 is 34.6 Å². The van der Waals surface area contributed by atoms with Crippen LogP contribution in [0.25, 0.3) is 11.6 Å². The summed E-state index contributed by atoms with van der Waals surface area (Å²) in [6.45, 7) is 0. The minimum Gasteiger partial charge on any atom is -0.478 e. The number of nitro benzene ring substituents is 1. The first-order chi connectivity index (χ1) is 9.09. The summed E-state index contributed by atoms with van der Waals surface area (Å²) in [5, 5.41) is 21.9. The summed E-state index contributed by atoms with van der Waals surface area (Å²) < 4.78 is 0. The Labute approximate surface area is 112 Å². The van der Waals surface area contributed by atoms with Crippen LogP contribution in [-0.4, -0.2) is 16.0 Å². The molecule has 0 amide bonds. The van der Waals surface area contributed by atoms with Crippen molar-refractivity contribution in [3.63, 3.8) is 0 Å². The second-order valence-electron chi connectivity index (χ2n) is 3.66. The molecule has 2 rings (SSSR count). The molecule has 5 nitrogen and oxygen atoms in total. The molecule has 1 aromatic heterocycles. The molecule has 1 aromatic carbocycles. The summed E-state index contributed by atoms with van der Waals surface area (Å²) in [5.74, 6) is -1.11. The van der Waals surface area contributed by atoms with Crippen LogP contribution in [0.5, 0.6) is 0 Å². The Hall–Kier alpha value is -2.47. The Kier molecular flexibility index (Phi) is 3.72. The van der Waals surface area contributed by atoms with Gasteiger partial charge in [0.05, 0.1) is 16.1 Å². The number of rotatable bonds is 4. The lowest BCUT2D eigenvalue weighted by atomic mass is 10.1. The highest BCUT2D eigenvalue weighted by atomic mass is 32.1. The van der Waals surface area contributed by atoms with Gasteiger partial charge in [0.15, 0.2) is 0 Å². The molecule has 6 heteroatoms. The Morgan fingerprint density at radius 3 is 2.58 bits per heavy atom. The van der Waals surface area contributed by atoms with E-state index in [1.807, 2.05) is 0 Å². The Morgan fingerprint density at radius 2 is 2.00 bits per heavy atom. The number of nitro groups is 1. The largest absolute Gasteiger partial charge is 0.478 e. The van der Waals surface area contributed by atoms with E-state index in [2.05, 4.69) is 0 Å². The third-order valence-corrected chi connectivity index (χ3v) is 3.35. The summed E-state index contributed by atoms with van der Waals surface area (Å²) in [6.07, 6.45) is 1.33. The van der Waals surface area contributed by atoms with E-state index in [9.17, 15) is 20.0 Å². The normalized spacial score (nSPS) is 11.3. The first-order valence-corrected chi connectivity index (χ1v) is 6.20. The van der Waals surface area contributed by atoms with Gasteiger partial charge in [-0.3, -0.25) is 10.1 Å². The van der Waals surface area contributed by atoms with E-state index < -0.39 is 10.9 Å². The van der Waals surface area contributed by atoms with Crippen LogP contribution in [0.3, 0.4) is 0 Å². The third kappa shape index (κ3) is 2.86. The predicted molar refractivity (Wildman–Crippen MR) is 72.9 cm³/mol. The molecule has 0 radical (unpaired) electrons. The van der Waals surface area contributed by atoms with Gasteiger partial charge in [0.2, 0.25) is 0 Å². The molecule has 0 fully saturated rings. The fraction of sp³-hybridized carbons (Fsp3) is 0. The first-order valence-electron chi connectivity index (χ1n) is 5.32. The molecule has 0 saturated carbocycles. The van der Waals surface area contributed by atoms with Crippen LogP contribution < -0.4 is 0 Å². The van der Waals surface area contributed by atoms with Crippen molar-refractivity contribution in [3.05, 3.63) is 62.3 Å². The number of aliphatic carboxylic acids is 1. The van der Waals surface area contributed by atoms with Crippen molar-refractivity contribution in [1.82, 2.24) is 0 Å². The van der Waals surface area contributed by atoms with Crippen LogP contribution in [0.15, 0.2) is 41.8 Å². The lowest BCUT2D eigenvalue weighted by Crippen LogP contribution is -1.98. The molecule has 2 aromatic rings. The van der Waals surface area contributed by atoms with Crippen LogP contribution in [0.2, 0.25) is 0 Å². The molecule has 19 heavy (non-hydrogen) atoms. The third-order valence-electron chi connectivity index (χ3n) is 2.45. The lowest BCUT2D eigenvalue weighted by molar-refractivity contribution is -0.385. The van der Waals surface area contributed by atoms with Crippen molar-refractivity contribution in [2.45, 2.75) is 0 Å². The number of carboxylic acids is 1. The molecule has 0 aliphatic rings. The highest BCUT2D eigenvalue weighted by Gasteiger charge is 2.16. The predicted octanol–water partition coefficient (Wildman–Crippen LogP) is 3.28. The Balaban J connectivity index is 2.55. The van der Waals surface area contributed by atoms with Crippen molar-refractivity contribution in [3.8, 4) is 0 Å². The smallest absolute Gasteiger partial charge is 0.337 e. The van der Waals surface area contributed by atoms with E-state index >= 15 is 0 Å². The van der Waals surface area contributed by atoms with Crippen molar-refractivity contribution in [2.24, 2.45) is 0 Å². The zero-order valence-corrected chi connectivity index (χ0v) is 10.5. The van der Waals surface area contributed by atoms with Gasteiger partial charge in [0.25, 0.3) is 5.69 Å². The maximum atomic E-state index is 11.3. The summed E-state index contributed by atoms with van der Waals surface area (Å²) in [5.41, 5.74) is 0.209. The van der Waals surface area contributed by atoms with Crippen LogP contribution >= 0.6 is 11.3 Å². The molecule has 1 heterocycles. The summed E-state index contributed by atoms with van der Waals surface area (Å²) in [4.78, 5) is 22.2. The van der Waals surface area contributed by atoms with E-state index in [-0.39, 0.29) is 16.8 Å². The Bertz CT molecular complexity index is 646. The maximum Gasteiger partial charge on any atom is 0.337 e. The molecular weight excluding hydrogens is 266 g/mol. The lowest BCUT2D eigenvalue weighted by Gasteiger charge is -2.01. The molecule has 0 spiro atoms. The van der Waals surface area contributed by atoms with Gasteiger partial charge in [0, 0.05) is 10.9 Å². The second-order valence-corrected chi connectivity index (χ2v) is 4.60. The average molecular weight is 275 g/mol. The average Bonchev–Trinajstić information content (AvgIpc) is 2.89. The topological polar surface area (TPSA) is 80.4 Å². The van der Waals surface area contributed by atoms with Crippen LogP contribution in [0.1, 0.15) is 10.4 Å². The van der Waals surface area contributed by atoms with Gasteiger partial charge in [-0.2, -0.15) is 0 Å². The molecule has 0 atom stereocenters. The van der Waals surface area contributed by atoms with Crippen molar-refractivity contribution < 1.29 is 14.8 Å². The molecule has 0 aliphatic carbocycles. The number of para-hydroxylation sites is 1. The highest BCUT2D eigenvalue weighted by Crippen LogP contribution is 2.27. The molecule has 0 bridgehead atoms. The molecular formula is C13H9NO4S. The number of hydrogen-bond acceptors (Lipinski definition) is 4. The quantitative estimate of drug-likeness (QED) is 0.527. The monoisotopic (exact) mass is 275 g/mol. The number of carbonyl (C=O) groups is 1. The number of nitrogens with zero attached hydrogens (tertiary/aromatic N) is 1. The number of carboxylic acid groups (broad SMARTS) is 1. The van der Waals surface area contributed by atoms with E-state index in [1.165, 1.54) is 29.5 Å². The molecule has 0 saturated heterocycles. The minimum absolute atomic E-state index is 0.0456. The molecule has 0 aliphatic heterocycles. The zero-order chi connectivity index (χ0) is 13.8. The minimum atomic E-state index is -1.11. The van der Waals surface area contributed by atoms with Gasteiger partial charge in [-0.25, -0.2) is 4.79 Å². The first kappa shape index (κ1) is 13.0. The van der Waals surface area contributed by atoms with Crippen molar-refractivity contribution in [1.29, 1.82) is 0 Å². The number of benzene rings is 1. The van der Waals surface area contributed by atoms with Gasteiger partial charge < -0.3 is 5.11 Å². The van der Waals surface area contributed by atoms with Gasteiger partial charge in [-0.15, -0.1) is 11.3 Å². The van der Waals surface area contributed by atoms with Gasteiger partial charge in [0.1, 0.15) is 0 Å². The number of hydrogen-bond donors (Lipinski definition) is 1. The van der Waals surface area contributed by atoms with Crippen LogP contribution in [0.4, 0.5) is 5.69 Å². The summed E-state index contributed by atoms with van der Waals surface area (Å²) in [6, 6.07) is 9.44. The standard InChI is InChI=1S/C13H9NO4S/c15-13(16)10(12-6-3-7-19-12)8-9-4-1-2-5-11(9)14(17)18/h1-8H,(H,15,16)/b10-8+. The summed E-state index contributed by atoms with van der Waals surface area (Å²) in [7, 11) is 0. The molecule has 0 unspecified atom stereocenters. The van der Waals surface area contributed by atoms with Crippen molar-refractivity contribution in [2.75, 3.05) is 0 Å². The maximum absolute atomic E-state index is 11.3. The van der Waals surface area contributed by atoms with Gasteiger partial charge in [-0.1, -0.05) is 18.2 Å². The van der Waals surface area contributed by atoms with E-state index in [4.69, 9.17) is 0 Å². The number of thiophene rings is 1.